The van der Waals surface area contributed by atoms with Gasteiger partial charge in [0, 0.05) is 19.6 Å². The Bertz CT molecular complexity index is 363. The van der Waals surface area contributed by atoms with Gasteiger partial charge in [-0.15, -0.1) is 0 Å². The van der Waals surface area contributed by atoms with Gasteiger partial charge in [0.1, 0.15) is 11.0 Å². The summed E-state index contributed by atoms with van der Waals surface area (Å²) in [5.74, 6) is 0.690. The lowest BCUT2D eigenvalue weighted by Gasteiger charge is -2.32. The molecule has 1 N–H and O–H groups in total. The number of aromatic nitrogens is 2. The van der Waals surface area contributed by atoms with Crippen molar-refractivity contribution in [3.8, 4) is 0 Å². The molecule has 1 fully saturated rings. The molecule has 2 heterocycles. The van der Waals surface area contributed by atoms with Crippen LogP contribution in [0, 0.1) is 0 Å². The Morgan fingerprint density at radius 2 is 2.47 bits per heavy atom. The van der Waals surface area contributed by atoms with Gasteiger partial charge in [-0.05, 0) is 6.54 Å². The fourth-order valence-corrected chi connectivity index (χ4v) is 1.98. The van der Waals surface area contributed by atoms with Crippen LogP contribution in [-0.2, 0) is 4.74 Å². The number of nitrogens with zero attached hydrogens (tertiary/aromatic N) is 3. The second-order valence-corrected chi connectivity index (χ2v) is 4.38. The van der Waals surface area contributed by atoms with Crippen molar-refractivity contribution >= 4 is 17.4 Å². The van der Waals surface area contributed by atoms with E-state index in [1.54, 1.807) is 6.20 Å². The van der Waals surface area contributed by atoms with Gasteiger partial charge in [-0.2, -0.15) is 0 Å². The molecule has 1 unspecified atom stereocenters. The molecule has 0 aliphatic carbocycles. The highest BCUT2D eigenvalue weighted by Crippen LogP contribution is 2.09. The first-order chi connectivity index (χ1) is 8.28. The molecule has 0 radical (unpaired) electrons. The van der Waals surface area contributed by atoms with Crippen molar-refractivity contribution in [2.75, 3.05) is 38.1 Å². The lowest BCUT2D eigenvalue weighted by molar-refractivity contribution is -0.0192. The molecular weight excluding hydrogens is 240 g/mol. The van der Waals surface area contributed by atoms with Crippen molar-refractivity contribution in [2.24, 2.45) is 0 Å². The monoisotopic (exact) mass is 256 g/mol. The lowest BCUT2D eigenvalue weighted by atomic mass is 10.2. The summed E-state index contributed by atoms with van der Waals surface area (Å²) < 4.78 is 5.68. The number of rotatable bonds is 4. The summed E-state index contributed by atoms with van der Waals surface area (Å²) in [6.07, 6.45) is 3.37. The Labute approximate surface area is 106 Å². The molecule has 0 bridgehead atoms. The average molecular weight is 257 g/mol. The molecular formula is C11H17ClN4O. The van der Waals surface area contributed by atoms with Crippen molar-refractivity contribution in [1.29, 1.82) is 0 Å². The Kier molecular flexibility index (Phi) is 4.53. The molecule has 0 amide bonds. The number of anilines is 1. The summed E-state index contributed by atoms with van der Waals surface area (Å²) in [6.45, 7) is 6.73. The van der Waals surface area contributed by atoms with E-state index in [9.17, 15) is 0 Å². The minimum Gasteiger partial charge on any atom is -0.374 e. The van der Waals surface area contributed by atoms with Crippen molar-refractivity contribution in [1.82, 2.24) is 14.9 Å². The summed E-state index contributed by atoms with van der Waals surface area (Å²) in [5.41, 5.74) is 0. The maximum Gasteiger partial charge on any atom is 0.149 e. The second-order valence-electron chi connectivity index (χ2n) is 3.99. The zero-order chi connectivity index (χ0) is 12.1. The fraction of sp³-hybridized carbons (Fsp3) is 0.636. The highest BCUT2D eigenvalue weighted by atomic mass is 35.5. The zero-order valence-electron chi connectivity index (χ0n) is 9.90. The minimum absolute atomic E-state index is 0.199. The zero-order valence-corrected chi connectivity index (χ0v) is 10.7. The molecule has 1 saturated heterocycles. The lowest BCUT2D eigenvalue weighted by Crippen LogP contribution is -2.45. The molecule has 17 heavy (non-hydrogen) atoms. The highest BCUT2D eigenvalue weighted by Gasteiger charge is 2.18. The number of nitrogens with one attached hydrogen (secondary N) is 1. The number of morpholine rings is 1. The van der Waals surface area contributed by atoms with Crippen LogP contribution in [0.1, 0.15) is 6.92 Å². The summed E-state index contributed by atoms with van der Waals surface area (Å²) in [5, 5.41) is 3.59. The van der Waals surface area contributed by atoms with Gasteiger partial charge in [0.25, 0.3) is 0 Å². The van der Waals surface area contributed by atoms with Crippen LogP contribution in [0.4, 0.5) is 5.82 Å². The first-order valence-corrected chi connectivity index (χ1v) is 6.21. The van der Waals surface area contributed by atoms with Crippen molar-refractivity contribution in [3.05, 3.63) is 17.5 Å². The Morgan fingerprint density at radius 3 is 3.24 bits per heavy atom. The van der Waals surface area contributed by atoms with E-state index >= 15 is 0 Å². The van der Waals surface area contributed by atoms with Gasteiger partial charge in [-0.1, -0.05) is 18.5 Å². The third-order valence-electron chi connectivity index (χ3n) is 2.79. The predicted octanol–water partition coefficient (Wildman–Crippen LogP) is 1.26. The third-order valence-corrected chi connectivity index (χ3v) is 2.97. The van der Waals surface area contributed by atoms with E-state index in [2.05, 4.69) is 27.1 Å². The molecule has 0 aromatic carbocycles. The largest absolute Gasteiger partial charge is 0.374 e. The van der Waals surface area contributed by atoms with Crippen molar-refractivity contribution in [3.63, 3.8) is 0 Å². The molecule has 2 rings (SSSR count). The third kappa shape index (κ3) is 3.80. The van der Waals surface area contributed by atoms with Gasteiger partial charge in [-0.25, -0.2) is 4.98 Å². The van der Waals surface area contributed by atoms with Gasteiger partial charge in [0.15, 0.2) is 0 Å². The van der Waals surface area contributed by atoms with E-state index in [4.69, 9.17) is 16.3 Å². The fourth-order valence-electron chi connectivity index (χ4n) is 1.84. The standard InChI is InChI=1S/C11H17ClN4O/c1-2-16-3-4-17-9(8-16)5-14-11-7-13-6-10(12)15-11/h6-7,9H,2-5,8H2,1H3,(H,14,15). The Morgan fingerprint density at radius 1 is 1.59 bits per heavy atom. The molecule has 0 saturated carbocycles. The van der Waals surface area contributed by atoms with Gasteiger partial charge in [0.2, 0.25) is 0 Å². The van der Waals surface area contributed by atoms with E-state index in [-0.39, 0.29) is 6.10 Å². The predicted molar refractivity (Wildman–Crippen MR) is 67.4 cm³/mol. The topological polar surface area (TPSA) is 50.3 Å². The molecule has 1 aromatic rings. The van der Waals surface area contributed by atoms with Gasteiger partial charge in [-0.3, -0.25) is 9.88 Å². The SMILES string of the molecule is CCN1CCOC(CNc2cncc(Cl)n2)C1. The van der Waals surface area contributed by atoms with Gasteiger partial charge in [0.05, 0.1) is 25.1 Å². The molecule has 0 spiro atoms. The van der Waals surface area contributed by atoms with E-state index in [1.807, 2.05) is 0 Å². The van der Waals surface area contributed by atoms with Crippen molar-refractivity contribution < 1.29 is 4.74 Å². The molecule has 1 atom stereocenters. The minimum atomic E-state index is 0.199. The molecule has 1 aliphatic heterocycles. The number of likely N-dealkylation sites (N-methyl/N-ethyl adjacent to an activating group) is 1. The molecule has 94 valence electrons. The van der Waals surface area contributed by atoms with Gasteiger partial charge < -0.3 is 10.1 Å². The maximum absolute atomic E-state index is 5.76. The highest BCUT2D eigenvalue weighted by molar-refractivity contribution is 6.29. The summed E-state index contributed by atoms with van der Waals surface area (Å²) >= 11 is 5.76. The molecule has 1 aliphatic rings. The molecule has 6 heteroatoms. The first-order valence-electron chi connectivity index (χ1n) is 5.83. The van der Waals surface area contributed by atoms with E-state index in [0.717, 1.165) is 32.8 Å². The number of halogens is 1. The quantitative estimate of drug-likeness (QED) is 0.879. The van der Waals surface area contributed by atoms with Crippen LogP contribution < -0.4 is 5.32 Å². The van der Waals surface area contributed by atoms with Crippen LogP contribution in [0.5, 0.6) is 0 Å². The molecule has 1 aromatic heterocycles. The van der Waals surface area contributed by atoms with Crippen LogP contribution in [0.3, 0.4) is 0 Å². The van der Waals surface area contributed by atoms with Crippen LogP contribution in [0.2, 0.25) is 5.15 Å². The van der Waals surface area contributed by atoms with E-state index < -0.39 is 0 Å². The van der Waals surface area contributed by atoms with Crippen molar-refractivity contribution in [2.45, 2.75) is 13.0 Å². The normalized spacial score (nSPS) is 21.4. The second kappa shape index (κ2) is 6.14. The summed E-state index contributed by atoms with van der Waals surface area (Å²) in [7, 11) is 0. The molecule has 5 nitrogen and oxygen atoms in total. The smallest absolute Gasteiger partial charge is 0.149 e. The van der Waals surface area contributed by atoms with E-state index in [0.29, 0.717) is 11.0 Å². The van der Waals surface area contributed by atoms with Gasteiger partial charge >= 0.3 is 0 Å². The number of ether oxygens (including phenoxy) is 1. The van der Waals surface area contributed by atoms with E-state index in [1.165, 1.54) is 6.20 Å². The average Bonchev–Trinajstić information content (AvgIpc) is 2.37. The maximum atomic E-state index is 5.76. The Hall–Kier alpha value is -0.910. The first kappa shape index (κ1) is 12.5. The summed E-state index contributed by atoms with van der Waals surface area (Å²) in [4.78, 5) is 10.5. The van der Waals surface area contributed by atoms with Crippen LogP contribution in [0.25, 0.3) is 0 Å². The van der Waals surface area contributed by atoms with Crippen LogP contribution in [-0.4, -0.2) is 53.8 Å². The van der Waals surface area contributed by atoms with Crippen LogP contribution in [0.15, 0.2) is 12.4 Å². The summed E-state index contributed by atoms with van der Waals surface area (Å²) in [6, 6.07) is 0. The number of hydrogen-bond acceptors (Lipinski definition) is 5. The number of hydrogen-bond donors (Lipinski definition) is 1. The Balaban J connectivity index is 1.81. The van der Waals surface area contributed by atoms with Crippen LogP contribution >= 0.6 is 11.6 Å².